The first-order chi connectivity index (χ1) is 8.74. The highest BCUT2D eigenvalue weighted by molar-refractivity contribution is 6.45. The molecule has 3 aromatic carbocycles. The van der Waals surface area contributed by atoms with Gasteiger partial charge in [0.2, 0.25) is 0 Å². The average Bonchev–Trinajstić information content (AvgIpc) is 2.41. The van der Waals surface area contributed by atoms with Crippen molar-refractivity contribution in [1.82, 2.24) is 0 Å². The Labute approximate surface area is 114 Å². The Hall–Kier alpha value is -1.57. The maximum atomic E-state index is 11.4. The van der Waals surface area contributed by atoms with Gasteiger partial charge in [0.05, 0.1) is 5.02 Å². The molecule has 1 nitrogen and oxygen atoms in total. The van der Waals surface area contributed by atoms with Crippen LogP contribution < -0.4 is 0 Å². The minimum absolute atomic E-state index is 0.544. The van der Waals surface area contributed by atoms with Crippen molar-refractivity contribution in [3.05, 3.63) is 58.1 Å². The van der Waals surface area contributed by atoms with Crippen LogP contribution in [0.4, 0.5) is 0 Å². The number of carbonyl (C=O) groups is 1. The first kappa shape index (κ1) is 11.5. The number of fused-ring (bicyclic) bond motifs is 2. The van der Waals surface area contributed by atoms with Crippen molar-refractivity contribution in [2.24, 2.45) is 0 Å². The largest absolute Gasteiger partial charge is 0.298 e. The van der Waals surface area contributed by atoms with Gasteiger partial charge in [0.15, 0.2) is 6.29 Å². The summed E-state index contributed by atoms with van der Waals surface area (Å²) < 4.78 is 0. The molecule has 0 heterocycles. The molecule has 0 saturated heterocycles. The summed E-state index contributed by atoms with van der Waals surface area (Å²) in [6.07, 6.45) is 0.840. The fraction of sp³-hybridized carbons (Fsp3) is 0. The quantitative estimate of drug-likeness (QED) is 0.445. The van der Waals surface area contributed by atoms with Crippen LogP contribution in [0.2, 0.25) is 10.0 Å². The third kappa shape index (κ3) is 1.52. The van der Waals surface area contributed by atoms with E-state index in [0.717, 1.165) is 27.8 Å². The van der Waals surface area contributed by atoms with Gasteiger partial charge in [-0.1, -0.05) is 59.6 Å². The molecule has 3 heteroatoms. The van der Waals surface area contributed by atoms with Gasteiger partial charge in [-0.3, -0.25) is 4.79 Å². The van der Waals surface area contributed by atoms with Gasteiger partial charge in [-0.15, -0.1) is 0 Å². The number of rotatable bonds is 1. The number of hydrogen-bond donors (Lipinski definition) is 0. The van der Waals surface area contributed by atoms with Gasteiger partial charge in [-0.25, -0.2) is 0 Å². The Balaban J connectivity index is 2.71. The van der Waals surface area contributed by atoms with Gasteiger partial charge in [0.1, 0.15) is 0 Å². The van der Waals surface area contributed by atoms with Gasteiger partial charge in [-0.05, 0) is 11.5 Å². The van der Waals surface area contributed by atoms with Crippen LogP contribution in [0.3, 0.4) is 0 Å². The third-order valence-corrected chi connectivity index (χ3v) is 3.81. The van der Waals surface area contributed by atoms with Crippen molar-refractivity contribution in [2.75, 3.05) is 0 Å². The van der Waals surface area contributed by atoms with Crippen LogP contribution in [0.15, 0.2) is 42.5 Å². The molecule has 0 aliphatic rings. The molecule has 3 rings (SSSR count). The lowest BCUT2D eigenvalue weighted by atomic mass is 9.97. The number of carbonyl (C=O) groups excluding carboxylic acids is 1. The van der Waals surface area contributed by atoms with Crippen molar-refractivity contribution >= 4 is 51.0 Å². The van der Waals surface area contributed by atoms with Crippen molar-refractivity contribution in [2.45, 2.75) is 0 Å². The van der Waals surface area contributed by atoms with Crippen LogP contribution in [0.1, 0.15) is 10.4 Å². The van der Waals surface area contributed by atoms with E-state index in [-0.39, 0.29) is 0 Å². The molecule has 0 atom stereocenters. The van der Waals surface area contributed by atoms with Crippen LogP contribution in [0, 0.1) is 0 Å². The lowest BCUT2D eigenvalue weighted by Gasteiger charge is -2.10. The molecule has 0 saturated carbocycles. The second-order valence-electron chi connectivity index (χ2n) is 4.05. The Bertz CT molecular complexity index is 778. The molecule has 0 radical (unpaired) electrons. The molecular weight excluding hydrogens is 267 g/mol. The van der Waals surface area contributed by atoms with Crippen LogP contribution in [-0.4, -0.2) is 6.29 Å². The fourth-order valence-corrected chi connectivity index (χ4v) is 2.89. The normalized spacial score (nSPS) is 11.0. The predicted octanol–water partition coefficient (Wildman–Crippen LogP) is 5.11. The van der Waals surface area contributed by atoms with Crippen molar-refractivity contribution in [1.29, 1.82) is 0 Å². The van der Waals surface area contributed by atoms with Gasteiger partial charge < -0.3 is 0 Å². The third-order valence-electron chi connectivity index (χ3n) is 3.09. The second-order valence-corrected chi connectivity index (χ2v) is 4.84. The van der Waals surface area contributed by atoms with E-state index in [4.69, 9.17) is 23.2 Å². The smallest absolute Gasteiger partial charge is 0.151 e. The van der Waals surface area contributed by atoms with E-state index in [1.807, 2.05) is 36.4 Å². The summed E-state index contributed by atoms with van der Waals surface area (Å²) in [4.78, 5) is 11.4. The maximum Gasteiger partial charge on any atom is 0.151 e. The number of halogens is 2. The lowest BCUT2D eigenvalue weighted by Crippen LogP contribution is -1.89. The van der Waals surface area contributed by atoms with Crippen molar-refractivity contribution < 1.29 is 4.79 Å². The summed E-state index contributed by atoms with van der Waals surface area (Å²) in [5, 5.41) is 4.41. The zero-order valence-corrected chi connectivity index (χ0v) is 10.8. The highest BCUT2D eigenvalue weighted by atomic mass is 35.5. The van der Waals surface area contributed by atoms with E-state index in [9.17, 15) is 4.79 Å². The minimum atomic E-state index is 0.544. The van der Waals surface area contributed by atoms with E-state index < -0.39 is 0 Å². The van der Waals surface area contributed by atoms with E-state index in [2.05, 4.69) is 0 Å². The van der Waals surface area contributed by atoms with E-state index in [1.54, 1.807) is 6.07 Å². The summed E-state index contributed by atoms with van der Waals surface area (Å²) >= 11 is 12.6. The number of hydrogen-bond acceptors (Lipinski definition) is 1. The molecule has 0 aromatic heterocycles. The highest BCUT2D eigenvalue weighted by Crippen LogP contribution is 2.38. The molecule has 0 fully saturated rings. The Kier molecular flexibility index (Phi) is 2.73. The molecule has 18 heavy (non-hydrogen) atoms. The Morgan fingerprint density at radius 2 is 1.50 bits per heavy atom. The Morgan fingerprint density at radius 3 is 2.22 bits per heavy atom. The van der Waals surface area contributed by atoms with E-state index in [1.165, 1.54) is 0 Å². The summed E-state index contributed by atoms with van der Waals surface area (Å²) in [6, 6.07) is 13.1. The predicted molar refractivity (Wildman–Crippen MR) is 76.9 cm³/mol. The summed E-state index contributed by atoms with van der Waals surface area (Å²) in [6.45, 7) is 0. The summed E-state index contributed by atoms with van der Waals surface area (Å²) in [5.74, 6) is 0. The average molecular weight is 275 g/mol. The minimum Gasteiger partial charge on any atom is -0.298 e. The first-order valence-corrected chi connectivity index (χ1v) is 6.23. The molecule has 0 N–H and O–H groups in total. The van der Waals surface area contributed by atoms with Crippen LogP contribution in [0.5, 0.6) is 0 Å². The molecule has 0 amide bonds. The molecule has 0 bridgehead atoms. The van der Waals surface area contributed by atoms with Crippen molar-refractivity contribution in [3.63, 3.8) is 0 Å². The maximum absolute atomic E-state index is 11.4. The molecule has 3 aromatic rings. The standard InChI is InChI=1S/C15H8Cl2O/c16-13-7-3-6-11-14(13)12(8-18)9-4-1-2-5-10(9)15(11)17/h1-8H. The highest BCUT2D eigenvalue weighted by Gasteiger charge is 2.13. The SMILES string of the molecule is O=Cc1c2ccccc2c(Cl)c2cccc(Cl)c12. The molecule has 0 aliphatic carbocycles. The zero-order valence-electron chi connectivity index (χ0n) is 9.28. The van der Waals surface area contributed by atoms with Gasteiger partial charge in [0, 0.05) is 26.7 Å². The topological polar surface area (TPSA) is 17.1 Å². The van der Waals surface area contributed by atoms with Crippen LogP contribution >= 0.6 is 23.2 Å². The molecule has 0 spiro atoms. The summed E-state index contributed by atoms with van der Waals surface area (Å²) in [5.41, 5.74) is 0.593. The molecule has 0 unspecified atom stereocenters. The van der Waals surface area contributed by atoms with Gasteiger partial charge in [0.25, 0.3) is 0 Å². The fourth-order valence-electron chi connectivity index (χ4n) is 2.29. The van der Waals surface area contributed by atoms with Gasteiger partial charge >= 0.3 is 0 Å². The van der Waals surface area contributed by atoms with E-state index in [0.29, 0.717) is 15.6 Å². The number of aldehydes is 1. The number of benzene rings is 3. The van der Waals surface area contributed by atoms with E-state index >= 15 is 0 Å². The lowest BCUT2D eigenvalue weighted by molar-refractivity contribution is 0.112. The molecule has 0 aliphatic heterocycles. The second kappa shape index (κ2) is 4.27. The first-order valence-electron chi connectivity index (χ1n) is 5.47. The summed E-state index contributed by atoms with van der Waals surface area (Å²) in [7, 11) is 0. The molecule has 88 valence electrons. The van der Waals surface area contributed by atoms with Crippen LogP contribution in [-0.2, 0) is 0 Å². The van der Waals surface area contributed by atoms with Gasteiger partial charge in [-0.2, -0.15) is 0 Å². The van der Waals surface area contributed by atoms with Crippen LogP contribution in [0.25, 0.3) is 21.5 Å². The Morgan fingerprint density at radius 1 is 0.833 bits per heavy atom. The van der Waals surface area contributed by atoms with Crippen molar-refractivity contribution in [3.8, 4) is 0 Å². The molecular formula is C15H8Cl2O. The zero-order chi connectivity index (χ0) is 12.7. The monoisotopic (exact) mass is 274 g/mol.